The van der Waals surface area contributed by atoms with Crippen LogP contribution in [-0.2, 0) is 20.1 Å². The van der Waals surface area contributed by atoms with Gasteiger partial charge in [-0.15, -0.1) is 0 Å². The van der Waals surface area contributed by atoms with Crippen molar-refractivity contribution in [3.05, 3.63) is 78.8 Å². The lowest BCUT2D eigenvalue weighted by atomic mass is 10.0. The highest BCUT2D eigenvalue weighted by Crippen LogP contribution is 2.24. The predicted molar refractivity (Wildman–Crippen MR) is 140 cm³/mol. The number of hydrogen-bond donors (Lipinski definition) is 0. The van der Waals surface area contributed by atoms with E-state index in [9.17, 15) is 19.2 Å². The van der Waals surface area contributed by atoms with E-state index in [4.69, 9.17) is 0 Å². The van der Waals surface area contributed by atoms with Gasteiger partial charge in [-0.1, -0.05) is 11.6 Å². The second kappa shape index (κ2) is 8.96. The van der Waals surface area contributed by atoms with Crippen LogP contribution in [0.15, 0.2) is 50.8 Å². The van der Waals surface area contributed by atoms with Crippen LogP contribution in [0.1, 0.15) is 48.7 Å². The predicted octanol–water partition coefficient (Wildman–Crippen LogP) is 2.64. The Kier molecular flexibility index (Phi) is 5.94. The zero-order valence-corrected chi connectivity index (χ0v) is 21.2. The Morgan fingerprint density at radius 3 is 2.17 bits per heavy atom. The molecule has 1 saturated heterocycles. The second-order valence-corrected chi connectivity index (χ2v) is 9.54. The van der Waals surface area contributed by atoms with E-state index in [1.807, 2.05) is 45.0 Å². The highest BCUT2D eigenvalue weighted by molar-refractivity contribution is 5.97. The number of rotatable bonds is 4. The van der Waals surface area contributed by atoms with E-state index in [1.165, 1.54) is 9.13 Å². The summed E-state index contributed by atoms with van der Waals surface area (Å²) in [7, 11) is 1.69. The summed E-state index contributed by atoms with van der Waals surface area (Å²) in [6.45, 7) is 7.75. The summed E-state index contributed by atoms with van der Waals surface area (Å²) < 4.78 is 6.29. The topological polar surface area (TPSA) is 91.2 Å². The maximum Gasteiger partial charge on any atom is 0.331 e. The number of likely N-dealkylation sites (tertiary alicyclic amines) is 1. The molecule has 9 nitrogen and oxygen atoms in total. The van der Waals surface area contributed by atoms with Crippen LogP contribution in [0.4, 0.5) is 0 Å². The Bertz CT molecular complexity index is 1680. The molecule has 0 saturated carbocycles. The van der Waals surface area contributed by atoms with Gasteiger partial charge in [0, 0.05) is 44.8 Å². The fourth-order valence-electron chi connectivity index (χ4n) is 5.49. The third-order valence-corrected chi connectivity index (χ3v) is 7.47. The zero-order valence-electron chi connectivity index (χ0n) is 21.2. The van der Waals surface area contributed by atoms with E-state index in [2.05, 4.69) is 0 Å². The van der Waals surface area contributed by atoms with Crippen LogP contribution in [0.5, 0.6) is 0 Å². The molecule has 2 aromatic heterocycles. The maximum absolute atomic E-state index is 13.3. The monoisotopic (exact) mass is 489 g/mol. The minimum atomic E-state index is -0.329. The van der Waals surface area contributed by atoms with Crippen LogP contribution in [0.25, 0.3) is 21.9 Å². The molecule has 0 atom stereocenters. The van der Waals surface area contributed by atoms with Crippen molar-refractivity contribution < 1.29 is 4.79 Å². The molecule has 0 spiro atoms. The molecule has 9 heteroatoms. The van der Waals surface area contributed by atoms with Gasteiger partial charge in [-0.25, -0.2) is 9.59 Å². The summed E-state index contributed by atoms with van der Waals surface area (Å²) in [5.74, 6) is -0.107. The first-order chi connectivity index (χ1) is 17.3. The highest BCUT2D eigenvalue weighted by Gasteiger charge is 2.28. The molecule has 0 bridgehead atoms. The van der Waals surface area contributed by atoms with Crippen LogP contribution >= 0.6 is 0 Å². The smallest absolute Gasteiger partial charge is 0.331 e. The van der Waals surface area contributed by atoms with Gasteiger partial charge in [-0.05, 0) is 63.9 Å². The standard InChI is InChI=1S/C27H31N5O4/c1-5-30-22-10-8-18(16-23(22)31(6-2)27(30)36)24(33)29-13-11-19(12-14-29)32-25(34)20-15-17(3)7-9-21(20)28(4)26(32)35/h7-10,15-16,19H,5-6,11-14H2,1-4H3. The van der Waals surface area contributed by atoms with Gasteiger partial charge in [0.2, 0.25) is 0 Å². The summed E-state index contributed by atoms with van der Waals surface area (Å²) in [5.41, 5.74) is 3.02. The van der Waals surface area contributed by atoms with Crippen LogP contribution in [0, 0.1) is 6.92 Å². The lowest BCUT2D eigenvalue weighted by Gasteiger charge is -2.33. The van der Waals surface area contributed by atoms with Crippen molar-refractivity contribution >= 4 is 27.8 Å². The van der Waals surface area contributed by atoms with Crippen LogP contribution in [0.2, 0.25) is 0 Å². The fourth-order valence-corrected chi connectivity index (χ4v) is 5.49. The molecule has 4 aromatic rings. The number of hydrogen-bond acceptors (Lipinski definition) is 4. The van der Waals surface area contributed by atoms with Crippen molar-refractivity contribution in [2.75, 3.05) is 13.1 Å². The fraction of sp³-hybridized carbons (Fsp3) is 0.407. The number of nitrogens with zero attached hydrogens (tertiary/aromatic N) is 5. The molecule has 1 aliphatic rings. The Balaban J connectivity index is 1.42. The number of fused-ring (bicyclic) bond motifs is 2. The second-order valence-electron chi connectivity index (χ2n) is 9.54. The molecule has 36 heavy (non-hydrogen) atoms. The molecule has 3 heterocycles. The van der Waals surface area contributed by atoms with E-state index in [0.29, 0.717) is 55.5 Å². The number of aryl methyl sites for hydroxylation is 4. The SMILES string of the molecule is CCn1c(=O)n(CC)c2cc(C(=O)N3CCC(n4c(=O)c5cc(C)ccc5n(C)c4=O)CC3)ccc21. The van der Waals surface area contributed by atoms with Gasteiger partial charge in [0.1, 0.15) is 0 Å². The third kappa shape index (κ3) is 3.61. The number of carbonyl (C=O) groups is 1. The Labute approximate surface area is 207 Å². The quantitative estimate of drug-likeness (QED) is 0.441. The zero-order chi connectivity index (χ0) is 25.7. The Morgan fingerprint density at radius 2 is 1.50 bits per heavy atom. The summed E-state index contributed by atoms with van der Waals surface area (Å²) in [5, 5.41) is 0.532. The lowest BCUT2D eigenvalue weighted by Crippen LogP contribution is -2.46. The molecule has 1 aliphatic heterocycles. The van der Waals surface area contributed by atoms with Crippen molar-refractivity contribution in [3.8, 4) is 0 Å². The van der Waals surface area contributed by atoms with E-state index in [0.717, 1.165) is 16.6 Å². The van der Waals surface area contributed by atoms with Gasteiger partial charge in [0.25, 0.3) is 11.5 Å². The molecule has 1 amide bonds. The van der Waals surface area contributed by atoms with Gasteiger partial charge >= 0.3 is 11.4 Å². The third-order valence-electron chi connectivity index (χ3n) is 7.47. The van der Waals surface area contributed by atoms with Gasteiger partial charge in [-0.3, -0.25) is 27.9 Å². The first-order valence-electron chi connectivity index (χ1n) is 12.5. The summed E-state index contributed by atoms with van der Waals surface area (Å²) in [4.78, 5) is 54.1. The molecule has 0 radical (unpaired) electrons. The number of carbonyl (C=O) groups excluding carboxylic acids is 1. The van der Waals surface area contributed by atoms with Gasteiger partial charge in [0.05, 0.1) is 21.9 Å². The average molecular weight is 490 g/mol. The molecule has 0 unspecified atom stereocenters. The Morgan fingerprint density at radius 1 is 0.861 bits per heavy atom. The minimum absolute atomic E-state index is 0.0713. The summed E-state index contributed by atoms with van der Waals surface area (Å²) in [6.07, 6.45) is 1.04. The summed E-state index contributed by atoms with van der Waals surface area (Å²) in [6, 6.07) is 10.7. The lowest BCUT2D eigenvalue weighted by molar-refractivity contribution is 0.0691. The molecular formula is C27H31N5O4. The largest absolute Gasteiger partial charge is 0.338 e. The molecule has 5 rings (SSSR count). The van der Waals surface area contributed by atoms with Gasteiger partial charge < -0.3 is 4.90 Å². The van der Waals surface area contributed by atoms with Crippen molar-refractivity contribution in [1.82, 2.24) is 23.2 Å². The first-order valence-corrected chi connectivity index (χ1v) is 12.5. The molecule has 188 valence electrons. The van der Waals surface area contributed by atoms with Crippen molar-refractivity contribution in [3.63, 3.8) is 0 Å². The van der Waals surface area contributed by atoms with Crippen LogP contribution in [-0.4, -0.2) is 42.2 Å². The van der Waals surface area contributed by atoms with Gasteiger partial charge in [0.15, 0.2) is 0 Å². The van der Waals surface area contributed by atoms with Crippen LogP contribution < -0.4 is 16.9 Å². The van der Waals surface area contributed by atoms with E-state index in [-0.39, 0.29) is 28.9 Å². The van der Waals surface area contributed by atoms with E-state index >= 15 is 0 Å². The normalized spacial score (nSPS) is 14.7. The molecule has 0 N–H and O–H groups in total. The Hall–Kier alpha value is -3.88. The number of amides is 1. The van der Waals surface area contributed by atoms with Crippen molar-refractivity contribution in [1.29, 1.82) is 0 Å². The molecule has 2 aromatic carbocycles. The highest BCUT2D eigenvalue weighted by atomic mass is 16.2. The number of benzene rings is 2. The van der Waals surface area contributed by atoms with Crippen LogP contribution in [0.3, 0.4) is 0 Å². The van der Waals surface area contributed by atoms with Gasteiger partial charge in [-0.2, -0.15) is 0 Å². The van der Waals surface area contributed by atoms with Crippen molar-refractivity contribution in [2.45, 2.75) is 52.7 Å². The number of imidazole rings is 1. The number of piperidine rings is 1. The average Bonchev–Trinajstić information content (AvgIpc) is 3.16. The van der Waals surface area contributed by atoms with E-state index < -0.39 is 0 Å². The summed E-state index contributed by atoms with van der Waals surface area (Å²) >= 11 is 0. The number of aromatic nitrogens is 4. The minimum Gasteiger partial charge on any atom is -0.338 e. The molecular weight excluding hydrogens is 458 g/mol. The van der Waals surface area contributed by atoms with E-state index in [1.54, 1.807) is 33.2 Å². The molecule has 0 aliphatic carbocycles. The maximum atomic E-state index is 13.3. The first kappa shape index (κ1) is 23.8. The molecule has 1 fully saturated rings. The van der Waals surface area contributed by atoms with Crippen molar-refractivity contribution in [2.24, 2.45) is 7.05 Å².